The Kier molecular flexibility index (Phi) is 7.21. The summed E-state index contributed by atoms with van der Waals surface area (Å²) in [7, 11) is 5.09. The predicted molar refractivity (Wildman–Crippen MR) is 87.2 cm³/mol. The van der Waals surface area contributed by atoms with Crippen molar-refractivity contribution in [3.63, 3.8) is 0 Å². The lowest BCUT2D eigenvalue weighted by Crippen LogP contribution is -2.40. The Balaban J connectivity index is 2.67. The standard InChI is InChI=1S/C16H23N3O4/c1-12(20)19(9-8-18(2)3)11-15(21)17-14-7-5-6-13(10-14)16(22)23-4/h5-7,10H,8-9,11H2,1-4H3,(H,17,21). The van der Waals surface area contributed by atoms with Gasteiger partial charge >= 0.3 is 5.97 Å². The number of hydrogen-bond donors (Lipinski definition) is 1. The number of methoxy groups -OCH3 is 1. The number of ether oxygens (including phenoxy) is 1. The SMILES string of the molecule is COC(=O)c1cccc(NC(=O)CN(CCN(C)C)C(C)=O)c1. The number of rotatable bonds is 7. The Labute approximate surface area is 136 Å². The highest BCUT2D eigenvalue weighted by atomic mass is 16.5. The summed E-state index contributed by atoms with van der Waals surface area (Å²) in [5.41, 5.74) is 0.829. The van der Waals surface area contributed by atoms with E-state index in [4.69, 9.17) is 0 Å². The number of anilines is 1. The van der Waals surface area contributed by atoms with Crippen molar-refractivity contribution >= 4 is 23.5 Å². The van der Waals surface area contributed by atoms with Gasteiger partial charge in [-0.1, -0.05) is 6.07 Å². The van der Waals surface area contributed by atoms with Gasteiger partial charge in [-0.25, -0.2) is 4.79 Å². The van der Waals surface area contributed by atoms with E-state index >= 15 is 0 Å². The van der Waals surface area contributed by atoms with E-state index in [1.165, 1.54) is 25.0 Å². The fourth-order valence-corrected chi connectivity index (χ4v) is 1.88. The largest absolute Gasteiger partial charge is 0.465 e. The Hall–Kier alpha value is -2.41. The summed E-state index contributed by atoms with van der Waals surface area (Å²) < 4.78 is 4.64. The van der Waals surface area contributed by atoms with Crippen LogP contribution in [-0.2, 0) is 14.3 Å². The van der Waals surface area contributed by atoms with Crippen LogP contribution in [0.1, 0.15) is 17.3 Å². The molecule has 1 aromatic rings. The van der Waals surface area contributed by atoms with Crippen molar-refractivity contribution in [2.24, 2.45) is 0 Å². The molecule has 7 heteroatoms. The lowest BCUT2D eigenvalue weighted by molar-refractivity contribution is -0.132. The van der Waals surface area contributed by atoms with Crippen LogP contribution >= 0.6 is 0 Å². The predicted octanol–water partition coefficient (Wildman–Crippen LogP) is 0.822. The summed E-state index contributed by atoms with van der Waals surface area (Å²) in [5.74, 6) is -0.955. The zero-order valence-corrected chi connectivity index (χ0v) is 14.0. The number of carbonyl (C=O) groups is 3. The van der Waals surface area contributed by atoms with E-state index in [0.717, 1.165) is 0 Å². The third-order valence-corrected chi connectivity index (χ3v) is 3.16. The van der Waals surface area contributed by atoms with E-state index in [2.05, 4.69) is 10.1 Å². The van der Waals surface area contributed by atoms with Crippen LogP contribution in [0.15, 0.2) is 24.3 Å². The van der Waals surface area contributed by atoms with Crippen molar-refractivity contribution < 1.29 is 19.1 Å². The molecular weight excluding hydrogens is 298 g/mol. The molecule has 0 atom stereocenters. The Morgan fingerprint density at radius 3 is 2.43 bits per heavy atom. The number of nitrogens with one attached hydrogen (secondary N) is 1. The van der Waals surface area contributed by atoms with Crippen LogP contribution in [0.4, 0.5) is 5.69 Å². The highest BCUT2D eigenvalue weighted by Crippen LogP contribution is 2.11. The summed E-state index contributed by atoms with van der Waals surface area (Å²) in [5, 5.41) is 2.68. The second-order valence-electron chi connectivity index (χ2n) is 5.36. The van der Waals surface area contributed by atoms with Crippen molar-refractivity contribution in [2.75, 3.05) is 46.2 Å². The molecule has 7 nitrogen and oxygen atoms in total. The van der Waals surface area contributed by atoms with E-state index in [1.807, 2.05) is 19.0 Å². The van der Waals surface area contributed by atoms with E-state index < -0.39 is 5.97 Å². The summed E-state index contributed by atoms with van der Waals surface area (Å²) in [4.78, 5) is 38.6. The molecule has 1 aromatic carbocycles. The molecule has 23 heavy (non-hydrogen) atoms. The molecule has 0 aliphatic heterocycles. The van der Waals surface area contributed by atoms with E-state index in [-0.39, 0.29) is 18.4 Å². The number of carbonyl (C=O) groups excluding carboxylic acids is 3. The second-order valence-corrected chi connectivity index (χ2v) is 5.36. The van der Waals surface area contributed by atoms with Crippen molar-refractivity contribution in [1.29, 1.82) is 0 Å². The summed E-state index contributed by atoms with van der Waals surface area (Å²) in [6.07, 6.45) is 0. The van der Waals surface area contributed by atoms with Crippen LogP contribution in [0.5, 0.6) is 0 Å². The van der Waals surface area contributed by atoms with Crippen molar-refractivity contribution in [3.8, 4) is 0 Å². The first-order valence-corrected chi connectivity index (χ1v) is 7.22. The third-order valence-electron chi connectivity index (χ3n) is 3.16. The molecule has 0 aliphatic carbocycles. The monoisotopic (exact) mass is 321 g/mol. The van der Waals surface area contributed by atoms with E-state index in [1.54, 1.807) is 18.2 Å². The lowest BCUT2D eigenvalue weighted by atomic mass is 10.2. The maximum atomic E-state index is 12.1. The zero-order valence-electron chi connectivity index (χ0n) is 14.0. The van der Waals surface area contributed by atoms with Gasteiger partial charge in [-0.05, 0) is 32.3 Å². The van der Waals surface area contributed by atoms with Gasteiger partial charge in [0.2, 0.25) is 11.8 Å². The maximum absolute atomic E-state index is 12.1. The molecule has 1 N–H and O–H groups in total. The van der Waals surface area contributed by atoms with Crippen LogP contribution in [0, 0.1) is 0 Å². The molecule has 0 aliphatic rings. The zero-order chi connectivity index (χ0) is 17.4. The lowest BCUT2D eigenvalue weighted by Gasteiger charge is -2.22. The normalized spacial score (nSPS) is 10.3. The first-order chi connectivity index (χ1) is 10.8. The minimum absolute atomic E-state index is 0.0361. The number of amides is 2. The minimum Gasteiger partial charge on any atom is -0.465 e. The van der Waals surface area contributed by atoms with Crippen molar-refractivity contribution in [2.45, 2.75) is 6.92 Å². The Morgan fingerprint density at radius 1 is 1.17 bits per heavy atom. The molecule has 1 rings (SSSR count). The van der Waals surface area contributed by atoms with E-state index in [9.17, 15) is 14.4 Å². The fourth-order valence-electron chi connectivity index (χ4n) is 1.88. The number of hydrogen-bond acceptors (Lipinski definition) is 5. The summed E-state index contributed by atoms with van der Waals surface area (Å²) in [6.45, 7) is 2.54. The molecule has 126 valence electrons. The summed E-state index contributed by atoms with van der Waals surface area (Å²) in [6, 6.07) is 6.45. The molecule has 0 unspecified atom stereocenters. The maximum Gasteiger partial charge on any atom is 0.337 e. The molecule has 0 radical (unpaired) electrons. The first-order valence-electron chi connectivity index (χ1n) is 7.22. The van der Waals surface area contributed by atoms with Gasteiger partial charge in [0.25, 0.3) is 0 Å². The molecule has 0 bridgehead atoms. The van der Waals surface area contributed by atoms with Crippen LogP contribution in [0.25, 0.3) is 0 Å². The molecule has 0 heterocycles. The van der Waals surface area contributed by atoms with Crippen LogP contribution in [-0.4, -0.2) is 68.4 Å². The van der Waals surface area contributed by atoms with Crippen LogP contribution in [0.3, 0.4) is 0 Å². The first kappa shape index (κ1) is 18.6. The average Bonchev–Trinajstić information content (AvgIpc) is 2.50. The van der Waals surface area contributed by atoms with Gasteiger partial charge in [0, 0.05) is 25.7 Å². The van der Waals surface area contributed by atoms with Crippen molar-refractivity contribution in [1.82, 2.24) is 9.80 Å². The molecule has 0 saturated heterocycles. The number of benzene rings is 1. The van der Waals surface area contributed by atoms with Gasteiger partial charge in [-0.2, -0.15) is 0 Å². The highest BCUT2D eigenvalue weighted by Gasteiger charge is 2.14. The molecule has 2 amide bonds. The van der Waals surface area contributed by atoms with Gasteiger partial charge in [0.15, 0.2) is 0 Å². The third kappa shape index (κ3) is 6.48. The number of nitrogens with zero attached hydrogens (tertiary/aromatic N) is 2. The minimum atomic E-state index is -0.475. The Morgan fingerprint density at radius 2 is 1.87 bits per heavy atom. The van der Waals surface area contributed by atoms with Gasteiger partial charge in [0.05, 0.1) is 19.2 Å². The molecule has 0 aromatic heterocycles. The average molecular weight is 321 g/mol. The number of likely N-dealkylation sites (N-methyl/N-ethyl adjacent to an activating group) is 1. The van der Waals surface area contributed by atoms with Crippen LogP contribution < -0.4 is 5.32 Å². The topological polar surface area (TPSA) is 79.0 Å². The smallest absolute Gasteiger partial charge is 0.337 e. The second kappa shape index (κ2) is 8.89. The quantitative estimate of drug-likeness (QED) is 0.752. The van der Waals surface area contributed by atoms with Gasteiger partial charge in [0.1, 0.15) is 0 Å². The molecule has 0 saturated carbocycles. The summed E-state index contributed by atoms with van der Waals surface area (Å²) >= 11 is 0. The molecular formula is C16H23N3O4. The van der Waals surface area contributed by atoms with Gasteiger partial charge in [-0.3, -0.25) is 9.59 Å². The highest BCUT2D eigenvalue weighted by molar-refractivity contribution is 5.96. The van der Waals surface area contributed by atoms with Crippen LogP contribution in [0.2, 0.25) is 0 Å². The molecule has 0 fully saturated rings. The van der Waals surface area contributed by atoms with Gasteiger partial charge in [-0.15, -0.1) is 0 Å². The molecule has 0 spiro atoms. The fraction of sp³-hybridized carbons (Fsp3) is 0.438. The van der Waals surface area contributed by atoms with E-state index in [0.29, 0.717) is 24.3 Å². The Bertz CT molecular complexity index is 572. The van der Waals surface area contributed by atoms with Crippen molar-refractivity contribution in [3.05, 3.63) is 29.8 Å². The van der Waals surface area contributed by atoms with Gasteiger partial charge < -0.3 is 19.9 Å². The number of esters is 1.